The Morgan fingerprint density at radius 1 is 1.35 bits per heavy atom. The SMILES string of the molecule is CN1C(=O)C[C@H](C(=O)N[C@H]2CCCSC2)[C@@H]1c1ccc(F)cc1. The van der Waals surface area contributed by atoms with Crippen molar-refractivity contribution in [2.75, 3.05) is 18.6 Å². The maximum atomic E-state index is 13.2. The van der Waals surface area contributed by atoms with E-state index in [0.717, 1.165) is 29.9 Å². The van der Waals surface area contributed by atoms with Crippen molar-refractivity contribution in [2.24, 2.45) is 5.92 Å². The summed E-state index contributed by atoms with van der Waals surface area (Å²) in [7, 11) is 1.71. The summed E-state index contributed by atoms with van der Waals surface area (Å²) in [5.41, 5.74) is 0.804. The highest BCUT2D eigenvalue weighted by Crippen LogP contribution is 2.37. The van der Waals surface area contributed by atoms with Gasteiger partial charge in [-0.25, -0.2) is 4.39 Å². The van der Waals surface area contributed by atoms with Crippen molar-refractivity contribution in [3.05, 3.63) is 35.6 Å². The number of hydrogen-bond acceptors (Lipinski definition) is 3. The summed E-state index contributed by atoms with van der Waals surface area (Å²) in [4.78, 5) is 26.4. The second-order valence-electron chi connectivity index (χ2n) is 6.23. The van der Waals surface area contributed by atoms with E-state index < -0.39 is 5.92 Å². The molecule has 0 saturated carbocycles. The number of amides is 2. The Morgan fingerprint density at radius 3 is 2.74 bits per heavy atom. The largest absolute Gasteiger partial charge is 0.352 e. The van der Waals surface area contributed by atoms with E-state index in [0.29, 0.717) is 0 Å². The molecule has 3 atom stereocenters. The van der Waals surface area contributed by atoms with Crippen molar-refractivity contribution < 1.29 is 14.0 Å². The molecule has 0 bridgehead atoms. The normalized spacial score (nSPS) is 28.0. The van der Waals surface area contributed by atoms with E-state index in [1.54, 1.807) is 24.1 Å². The van der Waals surface area contributed by atoms with Crippen LogP contribution in [0, 0.1) is 11.7 Å². The third-order valence-electron chi connectivity index (χ3n) is 4.64. The average molecular weight is 336 g/mol. The highest BCUT2D eigenvalue weighted by atomic mass is 32.2. The molecule has 2 saturated heterocycles. The molecule has 2 aliphatic rings. The predicted molar refractivity (Wildman–Crippen MR) is 88.5 cm³/mol. The van der Waals surface area contributed by atoms with Gasteiger partial charge in [-0.2, -0.15) is 11.8 Å². The number of rotatable bonds is 3. The van der Waals surface area contributed by atoms with Crippen LogP contribution in [0.4, 0.5) is 4.39 Å². The summed E-state index contributed by atoms with van der Waals surface area (Å²) < 4.78 is 13.2. The van der Waals surface area contributed by atoms with Gasteiger partial charge in [0.15, 0.2) is 0 Å². The van der Waals surface area contributed by atoms with Crippen molar-refractivity contribution >= 4 is 23.6 Å². The summed E-state index contributed by atoms with van der Waals surface area (Å²) in [5.74, 6) is 1.24. The van der Waals surface area contributed by atoms with Crippen LogP contribution in [0.1, 0.15) is 30.9 Å². The number of carbonyl (C=O) groups is 2. The molecule has 23 heavy (non-hydrogen) atoms. The highest BCUT2D eigenvalue weighted by Gasteiger charge is 2.43. The molecule has 2 amide bonds. The van der Waals surface area contributed by atoms with E-state index in [9.17, 15) is 14.0 Å². The van der Waals surface area contributed by atoms with E-state index >= 15 is 0 Å². The van der Waals surface area contributed by atoms with Gasteiger partial charge in [0.25, 0.3) is 0 Å². The van der Waals surface area contributed by atoms with Crippen LogP contribution in [0.15, 0.2) is 24.3 Å². The minimum Gasteiger partial charge on any atom is -0.352 e. The standard InChI is InChI=1S/C17H21FN2O2S/c1-20-15(21)9-14(16(20)11-4-6-12(18)7-5-11)17(22)19-13-3-2-8-23-10-13/h4-7,13-14,16H,2-3,8-10H2,1H3,(H,19,22)/t13-,14-,16-/m0/s1. The second kappa shape index (κ2) is 6.91. The summed E-state index contributed by atoms with van der Waals surface area (Å²) in [6, 6.07) is 5.94. The van der Waals surface area contributed by atoms with Crippen LogP contribution in [0.3, 0.4) is 0 Å². The van der Waals surface area contributed by atoms with Gasteiger partial charge >= 0.3 is 0 Å². The molecular formula is C17H21FN2O2S. The molecule has 2 aliphatic heterocycles. The van der Waals surface area contributed by atoms with Crippen LogP contribution < -0.4 is 5.32 Å². The molecule has 0 unspecified atom stereocenters. The quantitative estimate of drug-likeness (QED) is 0.922. The van der Waals surface area contributed by atoms with Gasteiger partial charge in [0.1, 0.15) is 5.82 Å². The van der Waals surface area contributed by atoms with Crippen LogP contribution >= 0.6 is 11.8 Å². The summed E-state index contributed by atoms with van der Waals surface area (Å²) >= 11 is 1.85. The van der Waals surface area contributed by atoms with Gasteiger partial charge in [0, 0.05) is 25.3 Å². The van der Waals surface area contributed by atoms with Crippen LogP contribution in [-0.4, -0.2) is 41.3 Å². The first kappa shape index (κ1) is 16.3. The Hall–Kier alpha value is -1.56. The van der Waals surface area contributed by atoms with Crippen LogP contribution in [0.2, 0.25) is 0 Å². The van der Waals surface area contributed by atoms with Crippen molar-refractivity contribution in [3.8, 4) is 0 Å². The molecule has 4 nitrogen and oxygen atoms in total. The molecule has 1 N–H and O–H groups in total. The van der Waals surface area contributed by atoms with E-state index in [4.69, 9.17) is 0 Å². The zero-order valence-corrected chi connectivity index (χ0v) is 13.9. The highest BCUT2D eigenvalue weighted by molar-refractivity contribution is 7.99. The van der Waals surface area contributed by atoms with Crippen LogP contribution in [-0.2, 0) is 9.59 Å². The number of halogens is 1. The van der Waals surface area contributed by atoms with Gasteiger partial charge in [0.2, 0.25) is 11.8 Å². The molecule has 124 valence electrons. The van der Waals surface area contributed by atoms with E-state index in [-0.39, 0.29) is 36.1 Å². The summed E-state index contributed by atoms with van der Waals surface area (Å²) in [6.45, 7) is 0. The van der Waals surface area contributed by atoms with Gasteiger partial charge in [-0.3, -0.25) is 9.59 Å². The maximum absolute atomic E-state index is 13.2. The molecule has 3 rings (SSSR count). The lowest BCUT2D eigenvalue weighted by atomic mass is 9.92. The van der Waals surface area contributed by atoms with Crippen molar-refractivity contribution in [1.82, 2.24) is 10.2 Å². The zero-order chi connectivity index (χ0) is 16.4. The molecule has 1 aromatic rings. The molecule has 0 radical (unpaired) electrons. The average Bonchev–Trinajstić information content (AvgIpc) is 2.85. The number of likely N-dealkylation sites (tertiary alicyclic amines) is 1. The summed E-state index contributed by atoms with van der Waals surface area (Å²) in [6.07, 6.45) is 2.32. The molecular weight excluding hydrogens is 315 g/mol. The minimum absolute atomic E-state index is 0.0440. The number of benzene rings is 1. The molecule has 2 fully saturated rings. The fourth-order valence-electron chi connectivity index (χ4n) is 3.38. The Balaban J connectivity index is 1.76. The molecule has 6 heteroatoms. The second-order valence-corrected chi connectivity index (χ2v) is 7.38. The van der Waals surface area contributed by atoms with E-state index in [1.807, 2.05) is 11.8 Å². The van der Waals surface area contributed by atoms with Gasteiger partial charge in [-0.1, -0.05) is 12.1 Å². The van der Waals surface area contributed by atoms with Crippen molar-refractivity contribution in [2.45, 2.75) is 31.3 Å². The lowest BCUT2D eigenvalue weighted by Gasteiger charge is -2.28. The topological polar surface area (TPSA) is 49.4 Å². The number of nitrogens with zero attached hydrogens (tertiary/aromatic N) is 1. The predicted octanol–water partition coefficient (Wildman–Crippen LogP) is 2.36. The van der Waals surface area contributed by atoms with E-state index in [2.05, 4.69) is 5.32 Å². The van der Waals surface area contributed by atoms with Crippen molar-refractivity contribution in [1.29, 1.82) is 0 Å². The Kier molecular flexibility index (Phi) is 4.90. The minimum atomic E-state index is -0.412. The van der Waals surface area contributed by atoms with Gasteiger partial charge in [-0.15, -0.1) is 0 Å². The fraction of sp³-hybridized carbons (Fsp3) is 0.529. The van der Waals surface area contributed by atoms with Crippen molar-refractivity contribution in [3.63, 3.8) is 0 Å². The smallest absolute Gasteiger partial charge is 0.226 e. The Bertz CT molecular complexity index is 587. The molecule has 2 heterocycles. The zero-order valence-electron chi connectivity index (χ0n) is 13.1. The first-order chi connectivity index (χ1) is 11.1. The Labute approximate surface area is 139 Å². The third-order valence-corrected chi connectivity index (χ3v) is 5.86. The molecule has 0 spiro atoms. The first-order valence-electron chi connectivity index (χ1n) is 7.95. The maximum Gasteiger partial charge on any atom is 0.226 e. The first-order valence-corrected chi connectivity index (χ1v) is 9.11. The summed E-state index contributed by atoms with van der Waals surface area (Å²) in [5, 5.41) is 3.10. The van der Waals surface area contributed by atoms with Gasteiger partial charge in [0.05, 0.1) is 12.0 Å². The number of carbonyl (C=O) groups excluding carboxylic acids is 2. The lowest BCUT2D eigenvalue weighted by Crippen LogP contribution is -2.43. The molecule has 0 aromatic heterocycles. The molecule has 1 aromatic carbocycles. The van der Waals surface area contributed by atoms with Gasteiger partial charge < -0.3 is 10.2 Å². The van der Waals surface area contributed by atoms with Gasteiger partial charge in [-0.05, 0) is 36.3 Å². The Morgan fingerprint density at radius 2 is 2.09 bits per heavy atom. The monoisotopic (exact) mass is 336 g/mol. The lowest BCUT2D eigenvalue weighted by molar-refractivity contribution is -0.128. The van der Waals surface area contributed by atoms with Crippen LogP contribution in [0.5, 0.6) is 0 Å². The van der Waals surface area contributed by atoms with E-state index in [1.165, 1.54) is 12.1 Å². The molecule has 0 aliphatic carbocycles. The fourth-order valence-corrected chi connectivity index (χ4v) is 4.46. The van der Waals surface area contributed by atoms with Crippen LogP contribution in [0.25, 0.3) is 0 Å². The number of thioether (sulfide) groups is 1. The third kappa shape index (κ3) is 3.52. The number of hydrogen-bond donors (Lipinski definition) is 1. The number of nitrogens with one attached hydrogen (secondary N) is 1.